The van der Waals surface area contributed by atoms with Crippen LogP contribution in [0, 0.1) is 23.7 Å². The summed E-state index contributed by atoms with van der Waals surface area (Å²) < 4.78 is 261. The van der Waals surface area contributed by atoms with Gasteiger partial charge >= 0.3 is 49.0 Å². The Morgan fingerprint density at radius 2 is 0.740 bits per heavy atom. The Morgan fingerprint density at radius 3 is 1.00 bits per heavy atom. The number of anilines is 4. The predicted octanol–water partition coefficient (Wildman–Crippen LogP) is 16.6. The fourth-order valence-corrected chi connectivity index (χ4v) is 14.3. The number of ether oxygens (including phenoxy) is 2. The van der Waals surface area contributed by atoms with Crippen molar-refractivity contribution in [1.82, 2.24) is 40.4 Å². The first kappa shape index (κ1) is 79.4. The highest BCUT2D eigenvalue weighted by Crippen LogP contribution is 2.51. The maximum absolute atomic E-state index is 14.2. The molecule has 2 aromatic heterocycles. The SMILES string of the molecule is CCOC(=O)CC1CCC(C(=O)N2c3ccc(C(F)(F)F)cc3[C@@H](N(Cc3cc(C(F)(F)F)cc(C(F)(F)F)c3)c3nnn(C)n3)C[C@H]2CC)CC1.CCOC(=O)CC1CCC(C(=O)N2c3ccc(C(F)(F)F)cc3[C@@H](N(Cc3cc(C(F)(F)F)cc(C(F)(F)F)c3)c3nnn(C)n3)C[C@H]2CC)CC1. The monoisotopic (exact) mass is 1500 g/mol. The molecule has 0 bridgehead atoms. The average molecular weight is 1500 g/mol. The van der Waals surface area contributed by atoms with Gasteiger partial charge in [0.25, 0.3) is 11.9 Å². The number of benzene rings is 4. The van der Waals surface area contributed by atoms with Crippen LogP contribution in [0.15, 0.2) is 72.8 Å². The van der Waals surface area contributed by atoms with E-state index in [1.54, 1.807) is 27.7 Å². The summed E-state index contributed by atoms with van der Waals surface area (Å²) in [4.78, 5) is 59.9. The molecule has 0 saturated heterocycles. The van der Waals surface area contributed by atoms with E-state index in [0.29, 0.717) is 88.5 Å². The number of carbonyl (C=O) groups excluding carboxylic acids is 4. The number of amides is 2. The number of tetrazole rings is 2. The molecule has 2 fully saturated rings. The van der Waals surface area contributed by atoms with Crippen molar-refractivity contribution in [3.63, 3.8) is 0 Å². The summed E-state index contributed by atoms with van der Waals surface area (Å²) in [5.74, 6) is -2.78. The molecule has 10 rings (SSSR count). The van der Waals surface area contributed by atoms with Gasteiger partial charge in [0.1, 0.15) is 0 Å². The second-order valence-corrected chi connectivity index (χ2v) is 26.3. The molecule has 0 unspecified atom stereocenters. The summed E-state index contributed by atoms with van der Waals surface area (Å²) >= 11 is 0. The Labute approximate surface area is 584 Å². The Bertz CT molecular complexity index is 3690. The summed E-state index contributed by atoms with van der Waals surface area (Å²) in [5.41, 5.74) is -9.08. The quantitative estimate of drug-likeness (QED) is 0.0584. The fourth-order valence-electron chi connectivity index (χ4n) is 14.3. The largest absolute Gasteiger partial charge is 0.466 e. The van der Waals surface area contributed by atoms with Crippen LogP contribution in [0.1, 0.15) is 185 Å². The van der Waals surface area contributed by atoms with Gasteiger partial charge in [0, 0.05) is 61.2 Å². The fraction of sp³-hybridized carbons (Fsp3) is 0.559. The summed E-state index contributed by atoms with van der Waals surface area (Å²) in [7, 11) is 2.74. The van der Waals surface area contributed by atoms with Gasteiger partial charge in [-0.2, -0.15) is 88.6 Å². The van der Waals surface area contributed by atoms with Crippen LogP contribution in [-0.2, 0) is 92.9 Å². The van der Waals surface area contributed by atoms with Crippen LogP contribution in [-0.4, -0.2) is 89.5 Å². The number of fused-ring (bicyclic) bond motifs is 2. The number of hydrogen-bond donors (Lipinski definition) is 0. The van der Waals surface area contributed by atoms with Crippen molar-refractivity contribution < 1.29 is 108 Å². The van der Waals surface area contributed by atoms with Crippen molar-refractivity contribution in [2.75, 3.05) is 32.8 Å². The van der Waals surface area contributed by atoms with E-state index < -0.39 is 131 Å². The molecule has 0 N–H and O–H groups in total. The zero-order valence-electron chi connectivity index (χ0n) is 56.9. The highest BCUT2D eigenvalue weighted by Gasteiger charge is 2.48. The molecule has 104 heavy (non-hydrogen) atoms. The highest BCUT2D eigenvalue weighted by atomic mass is 19.4. The smallest absolute Gasteiger partial charge is 0.416 e. The van der Waals surface area contributed by atoms with Gasteiger partial charge in [0.15, 0.2) is 0 Å². The minimum Gasteiger partial charge on any atom is -0.466 e. The zero-order valence-corrected chi connectivity index (χ0v) is 56.9. The average Bonchev–Trinajstić information content (AvgIpc) is 1.02. The number of halogens is 18. The van der Waals surface area contributed by atoms with Crippen LogP contribution >= 0.6 is 0 Å². The standard InChI is InChI=1S/2C34H37F9N6O3/c2*1-4-25-17-28(48(31-44-46-47(3)45-31)18-20-12-23(33(38,39)40)15-24(13-20)34(41,42)43)26-16-22(32(35,36)37)10-11-27(26)49(25)30(51)21-8-6-19(7-9-21)14-29(50)52-5-2/h2*10-13,15-16,19,21,25,28H,4-9,14,17-18H2,1-3H3/t2*19?,21?,25-,28+/m11/s1. The van der Waals surface area contributed by atoms with Crippen molar-refractivity contribution in [1.29, 1.82) is 0 Å². The number of nitrogens with zero attached hydrogens (tertiary/aromatic N) is 12. The number of rotatable bonds is 18. The van der Waals surface area contributed by atoms with Gasteiger partial charge in [-0.1, -0.05) is 24.0 Å². The van der Waals surface area contributed by atoms with Gasteiger partial charge in [-0.15, -0.1) is 10.2 Å². The van der Waals surface area contributed by atoms with E-state index in [-0.39, 0.29) is 121 Å². The molecular formula is C68H74F18N12O6. The minimum atomic E-state index is -5.14. The van der Waals surface area contributed by atoms with Crippen molar-refractivity contribution in [2.24, 2.45) is 37.8 Å². The molecular weight excluding hydrogens is 1420 g/mol. The minimum absolute atomic E-state index is 0.0130. The van der Waals surface area contributed by atoms with E-state index in [4.69, 9.17) is 9.47 Å². The number of esters is 2. The number of carbonyl (C=O) groups is 4. The van der Waals surface area contributed by atoms with Crippen LogP contribution in [0.4, 0.5) is 102 Å². The van der Waals surface area contributed by atoms with Crippen LogP contribution in [0.5, 0.6) is 0 Å². The van der Waals surface area contributed by atoms with Crippen LogP contribution in [0.3, 0.4) is 0 Å². The van der Waals surface area contributed by atoms with E-state index in [0.717, 1.165) is 33.9 Å². The Hall–Kier alpha value is -8.76. The lowest BCUT2D eigenvalue weighted by Crippen LogP contribution is -2.50. The molecule has 6 aromatic rings. The second-order valence-electron chi connectivity index (χ2n) is 26.3. The van der Waals surface area contributed by atoms with E-state index in [2.05, 4.69) is 30.8 Å². The van der Waals surface area contributed by atoms with Crippen molar-refractivity contribution in [3.05, 3.63) is 128 Å². The second kappa shape index (κ2) is 31.5. The maximum Gasteiger partial charge on any atom is 0.416 e. The molecule has 2 amide bonds. The normalized spacial score (nSPS) is 21.1. The number of aryl methyl sites for hydroxylation is 2. The molecule has 4 aliphatic rings. The molecule has 0 spiro atoms. The number of alkyl halides is 18. The van der Waals surface area contributed by atoms with Gasteiger partial charge in [-0.05, 0) is 208 Å². The van der Waals surface area contributed by atoms with Gasteiger partial charge in [-0.25, -0.2) is 0 Å². The lowest BCUT2D eigenvalue weighted by Gasteiger charge is -2.46. The predicted molar refractivity (Wildman–Crippen MR) is 337 cm³/mol. The Morgan fingerprint density at radius 1 is 0.433 bits per heavy atom. The number of aromatic nitrogens is 8. The van der Waals surface area contributed by atoms with Gasteiger partial charge in [0.05, 0.1) is 72.8 Å². The van der Waals surface area contributed by atoms with E-state index >= 15 is 0 Å². The zero-order chi connectivity index (χ0) is 76.3. The molecule has 0 radical (unpaired) electrons. The molecule has 18 nitrogen and oxygen atoms in total. The molecule has 4 atom stereocenters. The first-order valence-electron chi connectivity index (χ1n) is 33.6. The van der Waals surface area contributed by atoms with Crippen molar-refractivity contribution in [3.8, 4) is 0 Å². The first-order chi connectivity index (χ1) is 48.6. The summed E-state index contributed by atoms with van der Waals surface area (Å²) in [6.45, 7) is 6.08. The molecule has 568 valence electrons. The third kappa shape index (κ3) is 18.8. The first-order valence-corrected chi connectivity index (χ1v) is 33.6. The number of hydrogen-bond acceptors (Lipinski definition) is 14. The van der Waals surface area contributed by atoms with Gasteiger partial charge in [-0.3, -0.25) is 19.2 Å². The summed E-state index contributed by atoms with van der Waals surface area (Å²) in [6, 6.07) is 4.29. The molecule has 2 aliphatic carbocycles. The molecule has 4 heterocycles. The Kier molecular flexibility index (Phi) is 24.0. The summed E-state index contributed by atoms with van der Waals surface area (Å²) in [5, 5.41) is 23.6. The highest BCUT2D eigenvalue weighted by molar-refractivity contribution is 5.98. The molecule has 36 heteroatoms. The van der Waals surface area contributed by atoms with E-state index in [1.807, 2.05) is 0 Å². The molecule has 2 saturated carbocycles. The lowest BCUT2D eigenvalue weighted by atomic mass is 9.79. The van der Waals surface area contributed by atoms with Crippen molar-refractivity contribution >= 4 is 47.0 Å². The molecule has 4 aromatic carbocycles. The van der Waals surface area contributed by atoms with Crippen LogP contribution in [0.2, 0.25) is 0 Å². The third-order valence-corrected chi connectivity index (χ3v) is 19.3. The summed E-state index contributed by atoms with van der Waals surface area (Å²) in [6.07, 6.45) is -25.3. The topological polar surface area (TPSA) is 187 Å². The van der Waals surface area contributed by atoms with E-state index in [1.165, 1.54) is 45.8 Å². The maximum atomic E-state index is 14.2. The van der Waals surface area contributed by atoms with E-state index in [9.17, 15) is 98.2 Å². The Balaban J connectivity index is 0.000000241. The van der Waals surface area contributed by atoms with Crippen molar-refractivity contribution in [2.45, 2.75) is 192 Å². The third-order valence-electron chi connectivity index (χ3n) is 19.3. The van der Waals surface area contributed by atoms with Crippen LogP contribution in [0.25, 0.3) is 0 Å². The van der Waals surface area contributed by atoms with Gasteiger partial charge in [0.2, 0.25) is 11.8 Å². The van der Waals surface area contributed by atoms with Gasteiger partial charge < -0.3 is 29.1 Å². The molecule has 2 aliphatic heterocycles. The van der Waals surface area contributed by atoms with Crippen LogP contribution < -0.4 is 19.6 Å². The lowest BCUT2D eigenvalue weighted by molar-refractivity contribution is -0.145.